The number of rotatable bonds is 5. The van der Waals surface area contributed by atoms with E-state index in [2.05, 4.69) is 11.1 Å². The van der Waals surface area contributed by atoms with Crippen molar-refractivity contribution < 1.29 is 4.74 Å². The lowest BCUT2D eigenvalue weighted by Crippen LogP contribution is -2.05. The Hall–Kier alpha value is -2.63. The van der Waals surface area contributed by atoms with Crippen LogP contribution in [0.4, 0.5) is 0 Å². The molecule has 2 aromatic rings. The van der Waals surface area contributed by atoms with E-state index in [9.17, 15) is 0 Å². The third-order valence-corrected chi connectivity index (χ3v) is 3.08. The highest BCUT2D eigenvalue weighted by Crippen LogP contribution is 2.22. The number of nitrogens with zero attached hydrogens (tertiary/aromatic N) is 4. The number of nitriles is 2. The van der Waals surface area contributed by atoms with Crippen molar-refractivity contribution in [3.8, 4) is 23.5 Å². The smallest absolute Gasteiger partial charge is 0.141 e. The molecule has 2 atom stereocenters. The van der Waals surface area contributed by atoms with Gasteiger partial charge in [-0.3, -0.25) is 0 Å². The monoisotopic (exact) mass is 280 g/mol. The molecule has 0 radical (unpaired) electrons. The first-order valence-electron chi connectivity index (χ1n) is 6.69. The van der Waals surface area contributed by atoms with Crippen LogP contribution >= 0.6 is 0 Å². The highest BCUT2D eigenvalue weighted by atomic mass is 16.5. The zero-order chi connectivity index (χ0) is 15.2. The molecule has 0 aliphatic heterocycles. The lowest BCUT2D eigenvalue weighted by atomic mass is 10.2. The van der Waals surface area contributed by atoms with Gasteiger partial charge in [0.2, 0.25) is 0 Å². The molecule has 0 fully saturated rings. The molecule has 0 saturated heterocycles. The number of hydrogen-bond acceptors (Lipinski definition) is 4. The summed E-state index contributed by atoms with van der Waals surface area (Å²) in [5.74, 6) is 0.730. The first-order chi connectivity index (χ1) is 10.2. The Morgan fingerprint density at radius 3 is 2.52 bits per heavy atom. The van der Waals surface area contributed by atoms with Gasteiger partial charge in [0.1, 0.15) is 18.0 Å². The van der Waals surface area contributed by atoms with Crippen LogP contribution in [0.5, 0.6) is 0 Å². The molecular weight excluding hydrogens is 264 g/mol. The SMILES string of the molecule is CC(C#N)OCc1cn(C(C)C#N)c(-c2ccccc2)n1. The van der Waals surface area contributed by atoms with Crippen LogP contribution in [0.2, 0.25) is 0 Å². The summed E-state index contributed by atoms with van der Waals surface area (Å²) in [5, 5.41) is 17.9. The highest BCUT2D eigenvalue weighted by molar-refractivity contribution is 5.56. The van der Waals surface area contributed by atoms with Crippen LogP contribution in [0, 0.1) is 22.7 Å². The fourth-order valence-corrected chi connectivity index (χ4v) is 1.92. The van der Waals surface area contributed by atoms with Gasteiger partial charge in [0, 0.05) is 11.8 Å². The van der Waals surface area contributed by atoms with Crippen LogP contribution in [0.15, 0.2) is 36.5 Å². The molecule has 2 unspecified atom stereocenters. The van der Waals surface area contributed by atoms with Gasteiger partial charge in [-0.15, -0.1) is 0 Å². The van der Waals surface area contributed by atoms with E-state index in [1.54, 1.807) is 13.1 Å². The molecule has 0 spiro atoms. The lowest BCUT2D eigenvalue weighted by molar-refractivity contribution is 0.0866. The van der Waals surface area contributed by atoms with Crippen LogP contribution in [0.25, 0.3) is 11.4 Å². The minimum atomic E-state index is -0.483. The lowest BCUT2D eigenvalue weighted by Gasteiger charge is -2.08. The van der Waals surface area contributed by atoms with Gasteiger partial charge >= 0.3 is 0 Å². The summed E-state index contributed by atoms with van der Waals surface area (Å²) in [5.41, 5.74) is 1.65. The average Bonchev–Trinajstić information content (AvgIpc) is 2.97. The Balaban J connectivity index is 2.33. The molecule has 0 N–H and O–H groups in total. The Morgan fingerprint density at radius 1 is 1.19 bits per heavy atom. The Bertz CT molecular complexity index is 679. The topological polar surface area (TPSA) is 74.6 Å². The molecule has 5 heteroatoms. The number of benzene rings is 1. The largest absolute Gasteiger partial charge is 0.357 e. The fourth-order valence-electron chi connectivity index (χ4n) is 1.92. The molecule has 5 nitrogen and oxygen atoms in total. The second-order valence-electron chi connectivity index (χ2n) is 4.72. The first kappa shape index (κ1) is 14.8. The molecule has 1 heterocycles. The Morgan fingerprint density at radius 2 is 1.90 bits per heavy atom. The summed E-state index contributed by atoms with van der Waals surface area (Å²) in [6, 6.07) is 13.6. The summed E-state index contributed by atoms with van der Waals surface area (Å²) < 4.78 is 7.20. The maximum atomic E-state index is 9.15. The van der Waals surface area contributed by atoms with Crippen molar-refractivity contribution in [1.82, 2.24) is 9.55 Å². The van der Waals surface area contributed by atoms with Crippen molar-refractivity contribution in [2.45, 2.75) is 32.6 Å². The van der Waals surface area contributed by atoms with Crippen LogP contribution in [0.1, 0.15) is 25.6 Å². The number of aromatic nitrogens is 2. The van der Waals surface area contributed by atoms with Crippen LogP contribution in [-0.4, -0.2) is 15.7 Å². The van der Waals surface area contributed by atoms with Crippen LogP contribution < -0.4 is 0 Å². The van der Waals surface area contributed by atoms with Gasteiger partial charge in [0.25, 0.3) is 0 Å². The second kappa shape index (κ2) is 6.69. The zero-order valence-corrected chi connectivity index (χ0v) is 12.0. The van der Waals surface area contributed by atoms with Crippen molar-refractivity contribution in [1.29, 1.82) is 10.5 Å². The first-order valence-corrected chi connectivity index (χ1v) is 6.69. The second-order valence-corrected chi connectivity index (χ2v) is 4.72. The third kappa shape index (κ3) is 3.47. The summed E-state index contributed by atoms with van der Waals surface area (Å²) in [6.07, 6.45) is 1.32. The van der Waals surface area contributed by atoms with Gasteiger partial charge in [0.15, 0.2) is 0 Å². The van der Waals surface area contributed by atoms with Crippen LogP contribution in [-0.2, 0) is 11.3 Å². The number of ether oxygens (including phenoxy) is 1. The summed E-state index contributed by atoms with van der Waals surface area (Å²) in [6.45, 7) is 3.75. The van der Waals surface area contributed by atoms with E-state index < -0.39 is 6.10 Å². The van der Waals surface area contributed by atoms with E-state index >= 15 is 0 Å². The van der Waals surface area contributed by atoms with Gasteiger partial charge in [-0.1, -0.05) is 30.3 Å². The summed E-state index contributed by atoms with van der Waals surface area (Å²) in [4.78, 5) is 4.53. The molecule has 0 amide bonds. The highest BCUT2D eigenvalue weighted by Gasteiger charge is 2.15. The predicted octanol–water partition coefficient (Wildman–Crippen LogP) is 3.06. The number of hydrogen-bond donors (Lipinski definition) is 0. The maximum absolute atomic E-state index is 9.15. The fraction of sp³-hybridized carbons (Fsp3) is 0.312. The van der Waals surface area contributed by atoms with Crippen molar-refractivity contribution >= 4 is 0 Å². The number of imidazole rings is 1. The van der Waals surface area contributed by atoms with E-state index in [4.69, 9.17) is 15.3 Å². The van der Waals surface area contributed by atoms with Gasteiger partial charge in [-0.05, 0) is 13.8 Å². The molecular formula is C16H16N4O. The van der Waals surface area contributed by atoms with Crippen LogP contribution in [0.3, 0.4) is 0 Å². The van der Waals surface area contributed by atoms with E-state index in [1.165, 1.54) is 0 Å². The van der Waals surface area contributed by atoms with Gasteiger partial charge in [-0.25, -0.2) is 4.98 Å². The normalized spacial score (nSPS) is 13.1. The minimum Gasteiger partial charge on any atom is -0.357 e. The Labute approximate surface area is 124 Å². The summed E-state index contributed by atoms with van der Waals surface area (Å²) >= 11 is 0. The molecule has 1 aromatic carbocycles. The zero-order valence-electron chi connectivity index (χ0n) is 12.0. The average molecular weight is 280 g/mol. The van der Waals surface area contributed by atoms with Crippen molar-refractivity contribution in [3.63, 3.8) is 0 Å². The molecule has 0 aliphatic rings. The molecule has 0 bridgehead atoms. The molecule has 2 rings (SSSR count). The molecule has 0 saturated carbocycles. The molecule has 0 aliphatic carbocycles. The minimum absolute atomic E-state index is 0.250. The Kier molecular flexibility index (Phi) is 4.71. The molecule has 21 heavy (non-hydrogen) atoms. The molecule has 106 valence electrons. The van der Waals surface area contributed by atoms with E-state index in [-0.39, 0.29) is 12.6 Å². The predicted molar refractivity (Wildman–Crippen MR) is 77.9 cm³/mol. The van der Waals surface area contributed by atoms with E-state index in [1.807, 2.05) is 47.9 Å². The van der Waals surface area contributed by atoms with Crippen molar-refractivity contribution in [2.24, 2.45) is 0 Å². The standard InChI is InChI=1S/C16H16N4O/c1-12(8-17)20-10-15(11-21-13(2)9-18)19-16(20)14-6-4-3-5-7-14/h3-7,10,12-13H,11H2,1-2H3. The quantitative estimate of drug-likeness (QED) is 0.843. The van der Waals surface area contributed by atoms with Crippen molar-refractivity contribution in [3.05, 3.63) is 42.2 Å². The van der Waals surface area contributed by atoms with E-state index in [0.29, 0.717) is 5.69 Å². The third-order valence-electron chi connectivity index (χ3n) is 3.08. The van der Waals surface area contributed by atoms with Gasteiger partial charge in [-0.2, -0.15) is 10.5 Å². The molecule has 1 aromatic heterocycles. The summed E-state index contributed by atoms with van der Waals surface area (Å²) in [7, 11) is 0. The van der Waals surface area contributed by atoms with Gasteiger partial charge in [0.05, 0.1) is 24.4 Å². The van der Waals surface area contributed by atoms with Gasteiger partial charge < -0.3 is 9.30 Å². The maximum Gasteiger partial charge on any atom is 0.141 e. The van der Waals surface area contributed by atoms with Crippen molar-refractivity contribution in [2.75, 3.05) is 0 Å². The van der Waals surface area contributed by atoms with E-state index in [0.717, 1.165) is 11.4 Å².